The second-order valence-electron chi connectivity index (χ2n) is 4.92. The quantitative estimate of drug-likeness (QED) is 0.761. The van der Waals surface area contributed by atoms with E-state index in [-0.39, 0.29) is 0 Å². The van der Waals surface area contributed by atoms with E-state index in [2.05, 4.69) is 16.8 Å². The molecule has 0 aliphatic carbocycles. The Morgan fingerprint density at radius 2 is 2.17 bits per heavy atom. The molecule has 18 heavy (non-hydrogen) atoms. The zero-order chi connectivity index (χ0) is 13.0. The molecule has 0 amide bonds. The van der Waals surface area contributed by atoms with Crippen LogP contribution in [-0.4, -0.2) is 18.1 Å². The van der Waals surface area contributed by atoms with E-state index in [1.165, 1.54) is 25.7 Å². The maximum atomic E-state index is 6.05. The van der Waals surface area contributed by atoms with Gasteiger partial charge in [-0.15, -0.1) is 11.6 Å². The second kappa shape index (κ2) is 6.63. The van der Waals surface area contributed by atoms with Crippen LogP contribution >= 0.6 is 23.2 Å². The molecule has 0 bridgehead atoms. The minimum atomic E-state index is 0.373. The highest BCUT2D eigenvalue weighted by Gasteiger charge is 2.17. The van der Waals surface area contributed by atoms with Gasteiger partial charge in [0.15, 0.2) is 0 Å². The van der Waals surface area contributed by atoms with Gasteiger partial charge >= 0.3 is 0 Å². The maximum absolute atomic E-state index is 6.05. The lowest BCUT2D eigenvalue weighted by atomic mass is 9.98. The van der Waals surface area contributed by atoms with Crippen LogP contribution in [0.25, 0.3) is 0 Å². The van der Waals surface area contributed by atoms with E-state index >= 15 is 0 Å². The molecule has 4 heteroatoms. The monoisotopic (exact) mass is 286 g/mol. The Morgan fingerprint density at radius 3 is 2.89 bits per heavy atom. The Labute approximate surface area is 119 Å². The molecule has 0 N–H and O–H groups in total. The standard InChI is InChI=1S/C14H20Cl2N2/c1-2-11-4-3-8-18(9-7-11)14-6-5-12(16)13(10-15)17-14/h5-6,11H,2-4,7-10H2,1H3. The molecule has 1 aliphatic heterocycles. The average molecular weight is 287 g/mol. The fraction of sp³-hybridized carbons (Fsp3) is 0.643. The second-order valence-corrected chi connectivity index (χ2v) is 5.60. The normalized spacial score (nSPS) is 20.8. The van der Waals surface area contributed by atoms with E-state index in [4.69, 9.17) is 23.2 Å². The van der Waals surface area contributed by atoms with E-state index in [0.717, 1.165) is 30.5 Å². The lowest BCUT2D eigenvalue weighted by Crippen LogP contribution is -2.25. The summed E-state index contributed by atoms with van der Waals surface area (Å²) in [4.78, 5) is 6.93. The molecule has 0 saturated carbocycles. The molecule has 100 valence electrons. The Balaban J connectivity index is 2.11. The zero-order valence-electron chi connectivity index (χ0n) is 10.8. The zero-order valence-corrected chi connectivity index (χ0v) is 12.3. The van der Waals surface area contributed by atoms with Crippen LogP contribution in [-0.2, 0) is 5.88 Å². The van der Waals surface area contributed by atoms with Gasteiger partial charge in [-0.1, -0.05) is 24.9 Å². The third-order valence-electron chi connectivity index (χ3n) is 3.78. The Kier molecular flexibility index (Phi) is 5.13. The van der Waals surface area contributed by atoms with Gasteiger partial charge in [-0.25, -0.2) is 4.98 Å². The molecule has 1 saturated heterocycles. The Bertz CT molecular complexity index is 395. The molecule has 2 nitrogen and oxygen atoms in total. The minimum Gasteiger partial charge on any atom is -0.357 e. The number of rotatable bonds is 3. The largest absolute Gasteiger partial charge is 0.357 e. The van der Waals surface area contributed by atoms with Crippen molar-refractivity contribution in [3.05, 3.63) is 22.8 Å². The summed E-state index contributed by atoms with van der Waals surface area (Å²) in [5.41, 5.74) is 0.784. The molecule has 1 unspecified atom stereocenters. The first-order valence-corrected chi connectivity index (χ1v) is 7.62. The smallest absolute Gasteiger partial charge is 0.128 e. The SMILES string of the molecule is CCC1CCCN(c2ccc(Cl)c(CCl)n2)CC1. The lowest BCUT2D eigenvalue weighted by molar-refractivity contribution is 0.459. The van der Waals surface area contributed by atoms with Gasteiger partial charge in [0, 0.05) is 13.1 Å². The molecule has 1 aromatic rings. The van der Waals surface area contributed by atoms with Crippen LogP contribution in [0.4, 0.5) is 5.82 Å². The first-order valence-electron chi connectivity index (χ1n) is 6.71. The van der Waals surface area contributed by atoms with Gasteiger partial charge in [0.05, 0.1) is 16.6 Å². The summed E-state index contributed by atoms with van der Waals surface area (Å²) < 4.78 is 0. The third kappa shape index (κ3) is 3.30. The third-order valence-corrected chi connectivity index (χ3v) is 4.38. The molecule has 1 atom stereocenters. The van der Waals surface area contributed by atoms with Crippen molar-refractivity contribution in [3.63, 3.8) is 0 Å². The predicted octanol–water partition coefficient (Wildman–Crippen LogP) is 4.49. The number of anilines is 1. The number of pyridine rings is 1. The summed E-state index contributed by atoms with van der Waals surface area (Å²) in [7, 11) is 0. The van der Waals surface area contributed by atoms with Crippen LogP contribution in [0.5, 0.6) is 0 Å². The molecule has 2 heterocycles. The molecule has 2 rings (SSSR count). The van der Waals surface area contributed by atoms with Crippen molar-refractivity contribution in [1.82, 2.24) is 4.98 Å². The number of aromatic nitrogens is 1. The van der Waals surface area contributed by atoms with Crippen molar-refractivity contribution in [2.45, 2.75) is 38.5 Å². The van der Waals surface area contributed by atoms with Crippen LogP contribution in [0.1, 0.15) is 38.3 Å². The first-order chi connectivity index (χ1) is 8.74. The summed E-state index contributed by atoms with van der Waals surface area (Å²) in [6.45, 7) is 4.47. The Hall–Kier alpha value is -0.470. The summed E-state index contributed by atoms with van der Waals surface area (Å²) in [5, 5.41) is 0.662. The fourth-order valence-electron chi connectivity index (χ4n) is 2.55. The van der Waals surface area contributed by atoms with Crippen LogP contribution in [0, 0.1) is 5.92 Å². The van der Waals surface area contributed by atoms with Gasteiger partial charge in [0.2, 0.25) is 0 Å². The summed E-state index contributed by atoms with van der Waals surface area (Å²) >= 11 is 11.9. The highest BCUT2D eigenvalue weighted by Crippen LogP contribution is 2.25. The van der Waals surface area contributed by atoms with Crippen LogP contribution in [0.2, 0.25) is 5.02 Å². The lowest BCUT2D eigenvalue weighted by Gasteiger charge is -2.22. The van der Waals surface area contributed by atoms with Crippen molar-refractivity contribution in [2.75, 3.05) is 18.0 Å². The predicted molar refractivity (Wildman–Crippen MR) is 78.6 cm³/mol. The van der Waals surface area contributed by atoms with Crippen molar-refractivity contribution in [3.8, 4) is 0 Å². The van der Waals surface area contributed by atoms with Crippen LogP contribution < -0.4 is 4.90 Å². The topological polar surface area (TPSA) is 16.1 Å². The molecule has 0 radical (unpaired) electrons. The van der Waals surface area contributed by atoms with Gasteiger partial charge < -0.3 is 4.90 Å². The molecule has 1 aliphatic rings. The van der Waals surface area contributed by atoms with Crippen molar-refractivity contribution < 1.29 is 0 Å². The van der Waals surface area contributed by atoms with Crippen molar-refractivity contribution in [1.29, 1.82) is 0 Å². The van der Waals surface area contributed by atoms with Gasteiger partial charge in [-0.2, -0.15) is 0 Å². The number of alkyl halides is 1. The first kappa shape index (κ1) is 14.0. The van der Waals surface area contributed by atoms with Gasteiger partial charge in [0.25, 0.3) is 0 Å². The van der Waals surface area contributed by atoms with E-state index in [1.807, 2.05) is 12.1 Å². The van der Waals surface area contributed by atoms with Crippen molar-refractivity contribution in [2.24, 2.45) is 5.92 Å². The average Bonchev–Trinajstić information content (AvgIpc) is 2.64. The molecule has 1 fully saturated rings. The summed E-state index contributed by atoms with van der Waals surface area (Å²) in [6.07, 6.45) is 5.13. The van der Waals surface area contributed by atoms with Gasteiger partial charge in [-0.05, 0) is 37.3 Å². The number of hydrogen-bond donors (Lipinski definition) is 0. The fourth-order valence-corrected chi connectivity index (χ4v) is 2.99. The van der Waals surface area contributed by atoms with Crippen LogP contribution in [0.3, 0.4) is 0 Å². The van der Waals surface area contributed by atoms with E-state index in [9.17, 15) is 0 Å². The molecular formula is C14H20Cl2N2. The molecule has 0 spiro atoms. The molecule has 1 aromatic heterocycles. The van der Waals surface area contributed by atoms with E-state index in [0.29, 0.717) is 10.9 Å². The van der Waals surface area contributed by atoms with Gasteiger partial charge in [-0.3, -0.25) is 0 Å². The summed E-state index contributed by atoms with van der Waals surface area (Å²) in [5.74, 6) is 2.26. The van der Waals surface area contributed by atoms with Crippen LogP contribution in [0.15, 0.2) is 12.1 Å². The number of halogens is 2. The maximum Gasteiger partial charge on any atom is 0.128 e. The highest BCUT2D eigenvalue weighted by molar-refractivity contribution is 6.32. The van der Waals surface area contributed by atoms with E-state index in [1.54, 1.807) is 0 Å². The summed E-state index contributed by atoms with van der Waals surface area (Å²) in [6, 6.07) is 3.91. The Morgan fingerprint density at radius 1 is 1.33 bits per heavy atom. The minimum absolute atomic E-state index is 0.373. The van der Waals surface area contributed by atoms with Crippen molar-refractivity contribution >= 4 is 29.0 Å². The molecular weight excluding hydrogens is 267 g/mol. The van der Waals surface area contributed by atoms with E-state index < -0.39 is 0 Å². The number of hydrogen-bond acceptors (Lipinski definition) is 2. The highest BCUT2D eigenvalue weighted by atomic mass is 35.5. The number of nitrogens with zero attached hydrogens (tertiary/aromatic N) is 2. The van der Waals surface area contributed by atoms with Gasteiger partial charge in [0.1, 0.15) is 5.82 Å². The molecule has 0 aromatic carbocycles.